The van der Waals surface area contributed by atoms with Gasteiger partial charge in [-0.15, -0.1) is 0 Å². The van der Waals surface area contributed by atoms with Crippen molar-refractivity contribution in [3.05, 3.63) is 59.7 Å². The van der Waals surface area contributed by atoms with Crippen LogP contribution in [0, 0.1) is 5.92 Å². The summed E-state index contributed by atoms with van der Waals surface area (Å²) in [4.78, 5) is 31.9. The first kappa shape index (κ1) is 34.4. The zero-order valence-corrected chi connectivity index (χ0v) is 23.2. The second kappa shape index (κ2) is 18.6. The zero-order valence-electron chi connectivity index (χ0n) is 23.2. The standard InChI is InChI=1S/2C10H13NO3.C9H17NO2/c1-14-8-4-2-7(3-5-8)6-9(11)10(12)13;1-14-10(13)9(11)6-7-2-4-8(12)5-3-7;10-8(9(11)12)6-7-4-2-1-3-5-7/h2-5,9H,6,11H2,1H3,(H,12,13);2-5,9,12H,6,11H2,1H3;7-8H,1-6,10H2,(H,11,12)/t2*9-;8-/m000/s1. The molecule has 0 amide bonds. The largest absolute Gasteiger partial charge is 0.508 e. The van der Waals surface area contributed by atoms with E-state index in [2.05, 4.69) is 4.74 Å². The Kier molecular flexibility index (Phi) is 16.0. The van der Waals surface area contributed by atoms with Gasteiger partial charge >= 0.3 is 17.9 Å². The maximum absolute atomic E-state index is 11.0. The van der Waals surface area contributed by atoms with E-state index < -0.39 is 36.0 Å². The number of nitrogens with two attached hydrogens (primary N) is 3. The number of carbonyl (C=O) groups is 3. The lowest BCUT2D eigenvalue weighted by atomic mass is 9.85. The summed E-state index contributed by atoms with van der Waals surface area (Å²) in [6.45, 7) is 0. The fraction of sp³-hybridized carbons (Fsp3) is 0.483. The highest BCUT2D eigenvalue weighted by Gasteiger charge is 2.20. The maximum Gasteiger partial charge on any atom is 0.322 e. The summed E-state index contributed by atoms with van der Waals surface area (Å²) in [6, 6.07) is 11.6. The van der Waals surface area contributed by atoms with Crippen molar-refractivity contribution in [2.75, 3.05) is 14.2 Å². The zero-order chi connectivity index (χ0) is 30.1. The average molecular weight is 562 g/mol. The molecule has 3 rings (SSSR count). The Balaban J connectivity index is 0.000000301. The van der Waals surface area contributed by atoms with E-state index in [0.717, 1.165) is 16.9 Å². The van der Waals surface area contributed by atoms with E-state index in [1.807, 2.05) is 12.1 Å². The number of rotatable bonds is 10. The first-order chi connectivity index (χ1) is 19.0. The number of phenols is 1. The first-order valence-electron chi connectivity index (χ1n) is 13.2. The van der Waals surface area contributed by atoms with Crippen molar-refractivity contribution in [1.29, 1.82) is 0 Å². The molecule has 11 nitrogen and oxygen atoms in total. The minimum Gasteiger partial charge on any atom is -0.508 e. The molecule has 222 valence electrons. The van der Waals surface area contributed by atoms with E-state index in [0.29, 0.717) is 25.2 Å². The molecule has 1 fully saturated rings. The Morgan fingerprint density at radius 2 is 1.25 bits per heavy atom. The van der Waals surface area contributed by atoms with Gasteiger partial charge in [0, 0.05) is 0 Å². The molecule has 9 N–H and O–H groups in total. The van der Waals surface area contributed by atoms with Gasteiger partial charge in [-0.05, 0) is 60.6 Å². The van der Waals surface area contributed by atoms with Gasteiger partial charge in [-0.2, -0.15) is 0 Å². The molecule has 0 aliphatic heterocycles. The van der Waals surface area contributed by atoms with Gasteiger partial charge in [0.15, 0.2) is 0 Å². The van der Waals surface area contributed by atoms with Gasteiger partial charge in [-0.1, -0.05) is 56.4 Å². The molecule has 1 saturated carbocycles. The van der Waals surface area contributed by atoms with Crippen LogP contribution in [0.15, 0.2) is 48.5 Å². The quantitative estimate of drug-likeness (QED) is 0.232. The van der Waals surface area contributed by atoms with Crippen molar-refractivity contribution in [3.8, 4) is 11.5 Å². The van der Waals surface area contributed by atoms with Gasteiger partial charge in [0.25, 0.3) is 0 Å². The summed E-state index contributed by atoms with van der Waals surface area (Å²) >= 11 is 0. The van der Waals surface area contributed by atoms with Crippen LogP contribution in [-0.2, 0) is 32.0 Å². The SMILES string of the molecule is COC(=O)[C@@H](N)Cc1ccc(O)cc1.COc1ccc(C[C@H](N)C(=O)O)cc1.N[C@@H](CC1CCCCC1)C(=O)O. The van der Waals surface area contributed by atoms with Crippen LogP contribution in [0.4, 0.5) is 0 Å². The molecule has 0 saturated heterocycles. The van der Waals surface area contributed by atoms with E-state index >= 15 is 0 Å². The van der Waals surface area contributed by atoms with Gasteiger partial charge in [-0.25, -0.2) is 0 Å². The molecule has 1 aliphatic rings. The lowest BCUT2D eigenvalue weighted by molar-refractivity contribution is -0.142. The van der Waals surface area contributed by atoms with Crippen LogP contribution in [0.25, 0.3) is 0 Å². The van der Waals surface area contributed by atoms with Gasteiger partial charge in [0.2, 0.25) is 0 Å². The molecule has 0 aromatic heterocycles. The number of aromatic hydroxyl groups is 1. The smallest absolute Gasteiger partial charge is 0.322 e. The van der Waals surface area contributed by atoms with Crippen LogP contribution in [0.5, 0.6) is 11.5 Å². The monoisotopic (exact) mass is 561 g/mol. The molecule has 2 aromatic rings. The number of carbonyl (C=O) groups excluding carboxylic acids is 1. The number of esters is 1. The summed E-state index contributed by atoms with van der Waals surface area (Å²) in [5.41, 5.74) is 18.2. The first-order valence-corrected chi connectivity index (χ1v) is 13.2. The van der Waals surface area contributed by atoms with E-state index in [1.165, 1.54) is 39.2 Å². The number of phenolic OH excluding ortho intramolecular Hbond substituents is 1. The number of hydrogen-bond donors (Lipinski definition) is 6. The number of carboxylic acid groups (broad SMARTS) is 2. The predicted molar refractivity (Wildman–Crippen MR) is 151 cm³/mol. The Bertz CT molecular complexity index is 1020. The van der Waals surface area contributed by atoms with Crippen LogP contribution < -0.4 is 21.9 Å². The van der Waals surface area contributed by atoms with Crippen LogP contribution in [0.2, 0.25) is 0 Å². The Morgan fingerprint density at radius 1 is 0.775 bits per heavy atom. The Morgan fingerprint density at radius 3 is 1.70 bits per heavy atom. The van der Waals surface area contributed by atoms with Gasteiger partial charge < -0.3 is 42.0 Å². The number of ether oxygens (including phenoxy) is 2. The van der Waals surface area contributed by atoms with Crippen molar-refractivity contribution >= 4 is 17.9 Å². The van der Waals surface area contributed by atoms with E-state index in [9.17, 15) is 14.4 Å². The summed E-state index contributed by atoms with van der Waals surface area (Å²) < 4.78 is 9.47. The van der Waals surface area contributed by atoms with E-state index in [-0.39, 0.29) is 5.75 Å². The topological polar surface area (TPSA) is 208 Å². The minimum absolute atomic E-state index is 0.195. The van der Waals surface area contributed by atoms with Crippen molar-refractivity contribution in [2.45, 2.75) is 69.5 Å². The van der Waals surface area contributed by atoms with E-state index in [1.54, 1.807) is 43.5 Å². The number of carboxylic acids is 2. The molecule has 0 heterocycles. The molecule has 1 aliphatic carbocycles. The van der Waals surface area contributed by atoms with Crippen LogP contribution in [0.1, 0.15) is 49.7 Å². The normalized spacial score (nSPS) is 15.1. The van der Waals surface area contributed by atoms with E-state index in [4.69, 9.17) is 37.3 Å². The molecule has 40 heavy (non-hydrogen) atoms. The summed E-state index contributed by atoms with van der Waals surface area (Å²) in [5.74, 6) is -0.776. The molecule has 2 aromatic carbocycles. The third kappa shape index (κ3) is 13.9. The fourth-order valence-corrected chi connectivity index (χ4v) is 4.11. The van der Waals surface area contributed by atoms with Gasteiger partial charge in [0.05, 0.1) is 14.2 Å². The number of hydrogen-bond acceptors (Lipinski definition) is 9. The maximum atomic E-state index is 11.0. The van der Waals surface area contributed by atoms with Crippen molar-refractivity contribution in [3.63, 3.8) is 0 Å². The Labute approximate surface area is 235 Å². The highest BCUT2D eigenvalue weighted by molar-refractivity contribution is 5.75. The molecule has 0 spiro atoms. The number of methoxy groups -OCH3 is 2. The molecule has 0 radical (unpaired) electrons. The third-order valence-corrected chi connectivity index (χ3v) is 6.46. The second-order valence-corrected chi connectivity index (χ2v) is 9.68. The highest BCUT2D eigenvalue weighted by Crippen LogP contribution is 2.26. The Hall–Kier alpha value is -3.67. The minimum atomic E-state index is -0.985. The second-order valence-electron chi connectivity index (χ2n) is 9.68. The lowest BCUT2D eigenvalue weighted by Gasteiger charge is -2.22. The summed E-state index contributed by atoms with van der Waals surface area (Å²) in [6.07, 6.45) is 7.54. The molecule has 0 unspecified atom stereocenters. The van der Waals surface area contributed by atoms with Crippen LogP contribution in [-0.4, -0.2) is 65.6 Å². The number of benzene rings is 2. The summed E-state index contributed by atoms with van der Waals surface area (Å²) in [7, 11) is 2.89. The molecular weight excluding hydrogens is 518 g/mol. The van der Waals surface area contributed by atoms with Crippen molar-refractivity contribution < 1.29 is 39.2 Å². The van der Waals surface area contributed by atoms with Gasteiger partial charge in [-0.3, -0.25) is 14.4 Å². The van der Waals surface area contributed by atoms with Crippen molar-refractivity contribution in [1.82, 2.24) is 0 Å². The van der Waals surface area contributed by atoms with Crippen LogP contribution in [0.3, 0.4) is 0 Å². The lowest BCUT2D eigenvalue weighted by Crippen LogP contribution is -2.33. The molecule has 3 atom stereocenters. The van der Waals surface area contributed by atoms with Crippen LogP contribution >= 0.6 is 0 Å². The fourth-order valence-electron chi connectivity index (χ4n) is 4.11. The predicted octanol–water partition coefficient (Wildman–Crippen LogP) is 2.45. The summed E-state index contributed by atoms with van der Waals surface area (Å²) in [5, 5.41) is 26.2. The highest BCUT2D eigenvalue weighted by atomic mass is 16.5. The third-order valence-electron chi connectivity index (χ3n) is 6.46. The average Bonchev–Trinajstić information content (AvgIpc) is 2.95. The molecular formula is C29H43N3O8. The number of aliphatic carboxylic acids is 2. The van der Waals surface area contributed by atoms with Gasteiger partial charge in [0.1, 0.15) is 29.6 Å². The molecule has 11 heteroatoms. The molecule has 0 bridgehead atoms. The van der Waals surface area contributed by atoms with Crippen molar-refractivity contribution in [2.24, 2.45) is 23.1 Å².